The highest BCUT2D eigenvalue weighted by atomic mass is 32.2. The fourth-order valence-corrected chi connectivity index (χ4v) is 4.34. The Kier molecular flexibility index (Phi) is 7.72. The Morgan fingerprint density at radius 1 is 1.13 bits per heavy atom. The molecule has 1 saturated heterocycles. The van der Waals surface area contributed by atoms with Crippen molar-refractivity contribution < 1.29 is 28.8 Å². The summed E-state index contributed by atoms with van der Waals surface area (Å²) in [5.74, 6) is -0.328. The maximum atomic E-state index is 12.9. The van der Waals surface area contributed by atoms with Crippen molar-refractivity contribution in [3.63, 3.8) is 0 Å². The predicted molar refractivity (Wildman–Crippen MR) is 141 cm³/mol. The first kappa shape index (κ1) is 26.4. The molecule has 0 spiro atoms. The number of anilines is 1. The largest absolute Gasteiger partial charge is 0.493 e. The number of imide groups is 1. The molecule has 194 valence electrons. The van der Waals surface area contributed by atoms with Gasteiger partial charge in [-0.3, -0.25) is 29.4 Å². The van der Waals surface area contributed by atoms with Gasteiger partial charge in [-0.25, -0.2) is 4.98 Å². The SMILES string of the molecule is COc1cc(/C=C2/SC(=O)N(CC(=O)Nc3cc(C)ccc3C)C2=O)ccc1Oc1ccc([N+](=O)[O-])cn1. The van der Waals surface area contributed by atoms with E-state index in [-0.39, 0.29) is 16.5 Å². The number of benzene rings is 2. The first-order valence-electron chi connectivity index (χ1n) is 11.2. The van der Waals surface area contributed by atoms with Gasteiger partial charge in [-0.2, -0.15) is 0 Å². The number of methoxy groups -OCH3 is 1. The number of hydrogen-bond acceptors (Lipinski definition) is 9. The standard InChI is InChI=1S/C26H22N4O7S/c1-15-4-5-16(2)19(10-15)28-23(31)14-29-25(32)22(38-26(29)33)12-17-6-8-20(21(11-17)36-3)37-24-9-7-18(13-27-24)30(34)35/h4-13H,14H2,1-3H3,(H,28,31)/b22-12+. The molecule has 1 aliphatic heterocycles. The van der Waals surface area contributed by atoms with E-state index >= 15 is 0 Å². The molecule has 2 heterocycles. The first-order valence-corrected chi connectivity index (χ1v) is 12.0. The van der Waals surface area contributed by atoms with E-state index in [0.29, 0.717) is 22.7 Å². The van der Waals surface area contributed by atoms with Gasteiger partial charge in [0.25, 0.3) is 16.8 Å². The molecule has 0 atom stereocenters. The smallest absolute Gasteiger partial charge is 0.294 e. The molecule has 11 nitrogen and oxygen atoms in total. The summed E-state index contributed by atoms with van der Waals surface area (Å²) < 4.78 is 11.0. The summed E-state index contributed by atoms with van der Waals surface area (Å²) in [5, 5.41) is 13.0. The third-order valence-corrected chi connectivity index (χ3v) is 6.38. The van der Waals surface area contributed by atoms with E-state index in [4.69, 9.17) is 9.47 Å². The van der Waals surface area contributed by atoms with Gasteiger partial charge in [0.05, 0.1) is 16.9 Å². The van der Waals surface area contributed by atoms with Crippen molar-refractivity contribution in [2.24, 2.45) is 0 Å². The van der Waals surface area contributed by atoms with Gasteiger partial charge in [0, 0.05) is 17.8 Å². The van der Waals surface area contributed by atoms with Crippen LogP contribution in [0.1, 0.15) is 16.7 Å². The highest BCUT2D eigenvalue weighted by Crippen LogP contribution is 2.36. The average Bonchev–Trinajstić information content (AvgIpc) is 3.14. The van der Waals surface area contributed by atoms with Crippen LogP contribution in [0.5, 0.6) is 17.4 Å². The minimum Gasteiger partial charge on any atom is -0.493 e. The maximum absolute atomic E-state index is 12.9. The molecule has 3 amide bonds. The molecule has 1 aliphatic rings. The molecule has 1 aromatic heterocycles. The number of ether oxygens (including phenoxy) is 2. The third kappa shape index (κ3) is 5.98. The zero-order valence-corrected chi connectivity index (χ0v) is 21.4. The lowest BCUT2D eigenvalue weighted by Gasteiger charge is -2.14. The first-order chi connectivity index (χ1) is 18.1. The maximum Gasteiger partial charge on any atom is 0.294 e. The molecule has 3 aromatic rings. The zero-order valence-electron chi connectivity index (χ0n) is 20.6. The number of nitrogens with zero attached hydrogens (tertiary/aromatic N) is 3. The lowest BCUT2D eigenvalue weighted by Crippen LogP contribution is -2.36. The molecule has 2 aromatic carbocycles. The number of pyridine rings is 1. The molecule has 0 aliphatic carbocycles. The van der Waals surface area contributed by atoms with Crippen LogP contribution in [-0.2, 0) is 9.59 Å². The summed E-state index contributed by atoms with van der Waals surface area (Å²) in [7, 11) is 1.43. The fourth-order valence-electron chi connectivity index (χ4n) is 3.50. The Morgan fingerprint density at radius 3 is 2.61 bits per heavy atom. The number of aryl methyl sites for hydroxylation is 2. The van der Waals surface area contributed by atoms with E-state index in [1.165, 1.54) is 25.3 Å². The number of aromatic nitrogens is 1. The molecule has 0 radical (unpaired) electrons. The molecule has 38 heavy (non-hydrogen) atoms. The van der Waals surface area contributed by atoms with Crippen molar-refractivity contribution >= 4 is 46.3 Å². The predicted octanol–water partition coefficient (Wildman–Crippen LogP) is 5.08. The third-order valence-electron chi connectivity index (χ3n) is 5.47. The van der Waals surface area contributed by atoms with Crippen LogP contribution in [0.4, 0.5) is 16.2 Å². The molecular weight excluding hydrogens is 512 g/mol. The minimum absolute atomic E-state index is 0.127. The van der Waals surface area contributed by atoms with Crippen LogP contribution >= 0.6 is 11.8 Å². The second-order valence-corrected chi connectivity index (χ2v) is 9.25. The van der Waals surface area contributed by atoms with Gasteiger partial charge in [-0.1, -0.05) is 18.2 Å². The van der Waals surface area contributed by atoms with Gasteiger partial charge in [-0.15, -0.1) is 0 Å². The van der Waals surface area contributed by atoms with E-state index in [0.717, 1.165) is 34.0 Å². The van der Waals surface area contributed by atoms with E-state index < -0.39 is 28.5 Å². The normalized spacial score (nSPS) is 14.1. The highest BCUT2D eigenvalue weighted by Gasteiger charge is 2.36. The van der Waals surface area contributed by atoms with Gasteiger partial charge >= 0.3 is 0 Å². The number of nitro groups is 1. The van der Waals surface area contributed by atoms with Crippen molar-refractivity contribution in [1.82, 2.24) is 9.88 Å². The molecule has 0 bridgehead atoms. The number of hydrogen-bond donors (Lipinski definition) is 1. The van der Waals surface area contributed by atoms with E-state index in [1.54, 1.807) is 18.2 Å². The van der Waals surface area contributed by atoms with Crippen LogP contribution in [-0.4, -0.2) is 45.5 Å². The fraction of sp³-hybridized carbons (Fsp3) is 0.154. The average molecular weight is 535 g/mol. The Morgan fingerprint density at radius 2 is 1.92 bits per heavy atom. The van der Waals surface area contributed by atoms with E-state index in [9.17, 15) is 24.5 Å². The number of rotatable bonds is 8. The Hall–Kier alpha value is -4.71. The molecule has 4 rings (SSSR count). The quantitative estimate of drug-likeness (QED) is 0.238. The van der Waals surface area contributed by atoms with Crippen LogP contribution in [0.2, 0.25) is 0 Å². The van der Waals surface area contributed by atoms with Crippen molar-refractivity contribution in [1.29, 1.82) is 0 Å². The van der Waals surface area contributed by atoms with E-state index in [2.05, 4.69) is 10.3 Å². The summed E-state index contributed by atoms with van der Waals surface area (Å²) in [5.41, 5.74) is 2.84. The van der Waals surface area contributed by atoms with Gasteiger partial charge < -0.3 is 14.8 Å². The minimum atomic E-state index is -0.578. The Bertz CT molecular complexity index is 1470. The Labute approximate surface area is 221 Å². The molecule has 1 N–H and O–H groups in total. The van der Waals surface area contributed by atoms with Crippen LogP contribution < -0.4 is 14.8 Å². The van der Waals surface area contributed by atoms with Gasteiger partial charge in [-0.05, 0) is 66.6 Å². The Balaban J connectivity index is 1.46. The lowest BCUT2D eigenvalue weighted by atomic mass is 10.1. The number of carbonyl (C=O) groups is 3. The monoisotopic (exact) mass is 534 g/mol. The number of nitrogens with one attached hydrogen (secondary N) is 1. The van der Waals surface area contributed by atoms with Gasteiger partial charge in [0.2, 0.25) is 11.8 Å². The molecule has 0 unspecified atom stereocenters. The number of thioether (sulfide) groups is 1. The summed E-state index contributed by atoms with van der Waals surface area (Å²) in [6, 6.07) is 13.1. The molecule has 0 saturated carbocycles. The zero-order chi connectivity index (χ0) is 27.4. The van der Waals surface area contributed by atoms with Crippen molar-refractivity contribution in [2.45, 2.75) is 13.8 Å². The molecule has 1 fully saturated rings. The lowest BCUT2D eigenvalue weighted by molar-refractivity contribution is -0.385. The number of amides is 3. The van der Waals surface area contributed by atoms with Crippen LogP contribution in [0.25, 0.3) is 6.08 Å². The molecular formula is C26H22N4O7S. The number of carbonyl (C=O) groups excluding carboxylic acids is 3. The van der Waals surface area contributed by atoms with Gasteiger partial charge in [0.15, 0.2) is 11.5 Å². The van der Waals surface area contributed by atoms with Crippen LogP contribution in [0.15, 0.2) is 59.6 Å². The summed E-state index contributed by atoms with van der Waals surface area (Å²) >= 11 is 0.736. The second-order valence-electron chi connectivity index (χ2n) is 8.26. The van der Waals surface area contributed by atoms with Crippen LogP contribution in [0.3, 0.4) is 0 Å². The topological polar surface area (TPSA) is 141 Å². The van der Waals surface area contributed by atoms with E-state index in [1.807, 2.05) is 32.0 Å². The summed E-state index contributed by atoms with van der Waals surface area (Å²) in [4.78, 5) is 53.1. The van der Waals surface area contributed by atoms with Crippen molar-refractivity contribution in [2.75, 3.05) is 19.0 Å². The second kappa shape index (κ2) is 11.1. The molecule has 12 heteroatoms. The van der Waals surface area contributed by atoms with Crippen molar-refractivity contribution in [3.8, 4) is 17.4 Å². The summed E-state index contributed by atoms with van der Waals surface area (Å²) in [6.45, 7) is 3.34. The highest BCUT2D eigenvalue weighted by molar-refractivity contribution is 8.18. The van der Waals surface area contributed by atoms with Crippen molar-refractivity contribution in [3.05, 3.63) is 86.4 Å². The van der Waals surface area contributed by atoms with Gasteiger partial charge in [0.1, 0.15) is 12.7 Å². The van der Waals surface area contributed by atoms with Crippen LogP contribution in [0, 0.1) is 24.0 Å². The summed E-state index contributed by atoms with van der Waals surface area (Å²) in [6.07, 6.45) is 2.60.